The fourth-order valence-corrected chi connectivity index (χ4v) is 4.95. The van der Waals surface area contributed by atoms with Gasteiger partial charge in [0.2, 0.25) is 10.0 Å². The van der Waals surface area contributed by atoms with Gasteiger partial charge in [0.05, 0.1) is 4.90 Å². The fourth-order valence-electron chi connectivity index (χ4n) is 3.59. The van der Waals surface area contributed by atoms with E-state index in [1.54, 1.807) is 23.1 Å². The minimum Gasteiger partial charge on any atom is -0.338 e. The smallest absolute Gasteiger partial charge is 0.321 e. The van der Waals surface area contributed by atoms with Gasteiger partial charge in [0.1, 0.15) is 0 Å². The molecule has 2 aliphatic rings. The average molecular weight is 365 g/mol. The summed E-state index contributed by atoms with van der Waals surface area (Å²) < 4.78 is 28.1. The van der Waals surface area contributed by atoms with Crippen LogP contribution < -0.4 is 14.9 Å². The predicted molar refractivity (Wildman–Crippen MR) is 98.4 cm³/mol. The second-order valence-corrected chi connectivity index (χ2v) is 8.59. The van der Waals surface area contributed by atoms with Gasteiger partial charge in [0.15, 0.2) is 0 Å². The summed E-state index contributed by atoms with van der Waals surface area (Å²) in [6.45, 7) is 3.24. The number of nitrogens with one attached hydrogen (secondary N) is 2. The van der Waals surface area contributed by atoms with Gasteiger partial charge in [-0.25, -0.2) is 17.9 Å². The molecule has 3 rings (SSSR count). The summed E-state index contributed by atoms with van der Waals surface area (Å²) in [5.41, 5.74) is 1.73. The van der Waals surface area contributed by atoms with Gasteiger partial charge in [-0.05, 0) is 49.4 Å². The molecule has 1 aromatic carbocycles. The van der Waals surface area contributed by atoms with E-state index in [-0.39, 0.29) is 12.1 Å². The highest BCUT2D eigenvalue weighted by atomic mass is 32.2. The number of rotatable bonds is 5. The van der Waals surface area contributed by atoms with E-state index in [0.717, 1.165) is 43.4 Å². The molecule has 0 bridgehead atoms. The van der Waals surface area contributed by atoms with Crippen LogP contribution in [0.3, 0.4) is 0 Å². The normalized spacial score (nSPS) is 18.2. The Morgan fingerprint density at radius 2 is 2.00 bits per heavy atom. The van der Waals surface area contributed by atoms with Gasteiger partial charge in [-0.15, -0.1) is 0 Å². The Morgan fingerprint density at radius 3 is 2.72 bits per heavy atom. The number of hydrogen-bond acceptors (Lipinski definition) is 3. The number of hydrogen-bond donors (Lipinski definition) is 2. The van der Waals surface area contributed by atoms with Crippen molar-refractivity contribution < 1.29 is 13.2 Å². The Hall–Kier alpha value is -1.60. The lowest BCUT2D eigenvalue weighted by molar-refractivity contribution is 0.247. The van der Waals surface area contributed by atoms with Crippen molar-refractivity contribution in [3.8, 4) is 0 Å². The minimum absolute atomic E-state index is 0.0447. The molecule has 6 nitrogen and oxygen atoms in total. The molecular formula is C18H27N3O3S. The topological polar surface area (TPSA) is 78.5 Å². The van der Waals surface area contributed by atoms with Gasteiger partial charge in [-0.3, -0.25) is 4.90 Å². The van der Waals surface area contributed by atoms with Crippen molar-refractivity contribution in [2.45, 2.75) is 62.8 Å². The van der Waals surface area contributed by atoms with E-state index in [0.29, 0.717) is 24.4 Å². The highest BCUT2D eigenvalue weighted by molar-refractivity contribution is 7.89. The van der Waals surface area contributed by atoms with Crippen molar-refractivity contribution in [2.75, 3.05) is 18.0 Å². The monoisotopic (exact) mass is 365 g/mol. The van der Waals surface area contributed by atoms with Crippen LogP contribution in [0, 0.1) is 0 Å². The molecule has 1 saturated carbocycles. The van der Waals surface area contributed by atoms with E-state index in [1.165, 1.54) is 6.42 Å². The Kier molecular flexibility index (Phi) is 5.64. The molecule has 1 fully saturated rings. The predicted octanol–water partition coefficient (Wildman–Crippen LogP) is 2.78. The summed E-state index contributed by atoms with van der Waals surface area (Å²) >= 11 is 0. The second-order valence-electron chi connectivity index (χ2n) is 6.88. The molecule has 2 N–H and O–H groups in total. The Balaban J connectivity index is 1.74. The van der Waals surface area contributed by atoms with Crippen LogP contribution in [0.2, 0.25) is 0 Å². The highest BCUT2D eigenvalue weighted by Crippen LogP contribution is 2.30. The molecule has 0 aromatic heterocycles. The summed E-state index contributed by atoms with van der Waals surface area (Å²) in [6, 6.07) is 5.01. The van der Waals surface area contributed by atoms with Crippen molar-refractivity contribution >= 4 is 21.7 Å². The highest BCUT2D eigenvalue weighted by Gasteiger charge is 2.27. The molecule has 1 aromatic rings. The van der Waals surface area contributed by atoms with E-state index >= 15 is 0 Å². The molecule has 2 amide bonds. The molecule has 0 saturated heterocycles. The number of urea groups is 1. The van der Waals surface area contributed by atoms with Crippen LogP contribution in [0.15, 0.2) is 23.1 Å². The van der Waals surface area contributed by atoms with E-state index in [1.807, 2.05) is 6.92 Å². The third-order valence-electron chi connectivity index (χ3n) is 4.96. The molecular weight excluding hydrogens is 338 g/mol. The largest absolute Gasteiger partial charge is 0.338 e. The van der Waals surface area contributed by atoms with Crippen LogP contribution in [0.25, 0.3) is 0 Å². The quantitative estimate of drug-likeness (QED) is 0.842. The number of anilines is 1. The van der Waals surface area contributed by atoms with E-state index in [4.69, 9.17) is 0 Å². The van der Waals surface area contributed by atoms with Gasteiger partial charge in [0, 0.05) is 24.8 Å². The zero-order valence-electron chi connectivity index (χ0n) is 14.8. The van der Waals surface area contributed by atoms with Crippen molar-refractivity contribution in [3.63, 3.8) is 0 Å². The average Bonchev–Trinajstić information content (AvgIpc) is 3.03. The molecule has 0 atom stereocenters. The Labute approximate surface area is 150 Å². The summed E-state index contributed by atoms with van der Waals surface area (Å²) in [5, 5.41) is 2.87. The summed E-state index contributed by atoms with van der Waals surface area (Å²) in [4.78, 5) is 14.2. The van der Waals surface area contributed by atoms with Gasteiger partial charge in [-0.2, -0.15) is 0 Å². The molecule has 0 spiro atoms. The molecule has 0 unspecified atom stereocenters. The number of benzene rings is 1. The number of carbonyl (C=O) groups excluding carboxylic acids is 1. The van der Waals surface area contributed by atoms with Gasteiger partial charge in [0.25, 0.3) is 0 Å². The first-order valence-electron chi connectivity index (χ1n) is 9.22. The summed E-state index contributed by atoms with van der Waals surface area (Å²) in [5.74, 6) is 0. The van der Waals surface area contributed by atoms with Crippen LogP contribution in [0.5, 0.6) is 0 Å². The molecule has 1 heterocycles. The first kappa shape index (κ1) is 18.2. The van der Waals surface area contributed by atoms with Crippen LogP contribution >= 0.6 is 0 Å². The lowest BCUT2D eigenvalue weighted by Gasteiger charge is -2.23. The molecule has 0 radical (unpaired) electrons. The van der Waals surface area contributed by atoms with Crippen molar-refractivity contribution in [2.24, 2.45) is 0 Å². The molecule has 138 valence electrons. The lowest BCUT2D eigenvalue weighted by Crippen LogP contribution is -2.39. The van der Waals surface area contributed by atoms with Crippen molar-refractivity contribution in [3.05, 3.63) is 23.8 Å². The third kappa shape index (κ3) is 4.15. The molecule has 1 aliphatic carbocycles. The number of nitrogens with zero attached hydrogens (tertiary/aromatic N) is 1. The fraction of sp³-hybridized carbons (Fsp3) is 0.611. The number of sulfonamides is 1. The standard InChI is InChI=1S/C18H27N3O3S/c1-2-11-19-18(22)21-12-10-14-13-16(8-9-17(14)21)25(23,24)20-15-6-4-3-5-7-15/h8-9,13,15,20H,2-7,10-12H2,1H3,(H,19,22). The lowest BCUT2D eigenvalue weighted by atomic mass is 9.96. The number of fused-ring (bicyclic) bond motifs is 1. The minimum atomic E-state index is -3.50. The van der Waals surface area contributed by atoms with Crippen LogP contribution in [-0.4, -0.2) is 33.6 Å². The maximum absolute atomic E-state index is 12.7. The van der Waals surface area contributed by atoms with Crippen molar-refractivity contribution in [1.82, 2.24) is 10.0 Å². The maximum Gasteiger partial charge on any atom is 0.321 e. The van der Waals surface area contributed by atoms with E-state index in [2.05, 4.69) is 10.0 Å². The van der Waals surface area contributed by atoms with Gasteiger partial charge >= 0.3 is 6.03 Å². The zero-order chi connectivity index (χ0) is 17.9. The third-order valence-corrected chi connectivity index (χ3v) is 6.47. The number of amides is 2. The second kappa shape index (κ2) is 7.74. The molecule has 25 heavy (non-hydrogen) atoms. The zero-order valence-corrected chi connectivity index (χ0v) is 15.6. The first-order valence-corrected chi connectivity index (χ1v) is 10.7. The van der Waals surface area contributed by atoms with Crippen molar-refractivity contribution in [1.29, 1.82) is 0 Å². The summed E-state index contributed by atoms with van der Waals surface area (Å²) in [6.07, 6.45) is 6.74. The van der Waals surface area contributed by atoms with E-state index in [9.17, 15) is 13.2 Å². The van der Waals surface area contributed by atoms with Crippen LogP contribution in [0.4, 0.5) is 10.5 Å². The Morgan fingerprint density at radius 1 is 1.24 bits per heavy atom. The van der Waals surface area contributed by atoms with Crippen LogP contribution in [-0.2, 0) is 16.4 Å². The molecule has 7 heteroatoms. The maximum atomic E-state index is 12.7. The van der Waals surface area contributed by atoms with E-state index < -0.39 is 10.0 Å². The molecule has 1 aliphatic heterocycles. The summed E-state index contributed by atoms with van der Waals surface area (Å²) in [7, 11) is -3.50. The Bertz CT molecular complexity index is 727. The van der Waals surface area contributed by atoms with Gasteiger partial charge < -0.3 is 5.32 Å². The van der Waals surface area contributed by atoms with Crippen LogP contribution in [0.1, 0.15) is 51.0 Å². The van der Waals surface area contributed by atoms with Gasteiger partial charge in [-0.1, -0.05) is 26.2 Å². The number of carbonyl (C=O) groups is 1. The first-order chi connectivity index (χ1) is 12.0. The SMILES string of the molecule is CCCNC(=O)N1CCc2cc(S(=O)(=O)NC3CCCCC3)ccc21.